The molecular formula is C14H32N2. The molecule has 2 unspecified atom stereocenters. The summed E-state index contributed by atoms with van der Waals surface area (Å²) < 4.78 is 0. The molecule has 16 heavy (non-hydrogen) atoms. The van der Waals surface area contributed by atoms with E-state index in [1.54, 1.807) is 0 Å². The van der Waals surface area contributed by atoms with Gasteiger partial charge >= 0.3 is 0 Å². The average Bonchev–Trinajstić information content (AvgIpc) is 2.23. The lowest BCUT2D eigenvalue weighted by Crippen LogP contribution is -2.45. The smallest absolute Gasteiger partial charge is 0.0542 e. The summed E-state index contributed by atoms with van der Waals surface area (Å²) in [4.78, 5) is 0. The molecule has 2 nitrogen and oxygen atoms in total. The Bertz CT molecular complexity index is 176. The molecule has 0 aromatic heterocycles. The highest BCUT2D eigenvalue weighted by atomic mass is 15.1. The molecule has 0 fully saturated rings. The van der Waals surface area contributed by atoms with Crippen molar-refractivity contribution < 1.29 is 0 Å². The maximum absolute atomic E-state index is 3.56. The fourth-order valence-corrected chi connectivity index (χ4v) is 1.22. The van der Waals surface area contributed by atoms with Crippen LogP contribution in [0.1, 0.15) is 54.9 Å². The van der Waals surface area contributed by atoms with Crippen LogP contribution in [0.25, 0.3) is 0 Å². The minimum atomic E-state index is 0.402. The number of rotatable bonds is 8. The summed E-state index contributed by atoms with van der Waals surface area (Å²) in [5, 5.41) is 7.11. The standard InChI is InChI=1S/C14H32N2/c1-8-14(6,7)10-16-13(5)15-9-12(4)11(2)3/h11-13,15-16H,8-10H2,1-7H3. The van der Waals surface area contributed by atoms with E-state index in [-0.39, 0.29) is 0 Å². The molecule has 0 saturated carbocycles. The third-order valence-corrected chi connectivity index (χ3v) is 3.73. The highest BCUT2D eigenvalue weighted by Crippen LogP contribution is 2.17. The zero-order chi connectivity index (χ0) is 12.8. The van der Waals surface area contributed by atoms with E-state index in [4.69, 9.17) is 0 Å². The summed E-state index contributed by atoms with van der Waals surface area (Å²) in [6, 6.07) is 0. The number of hydrogen-bond acceptors (Lipinski definition) is 2. The van der Waals surface area contributed by atoms with E-state index in [1.165, 1.54) is 6.42 Å². The van der Waals surface area contributed by atoms with Crippen molar-refractivity contribution in [3.8, 4) is 0 Å². The second-order valence-corrected chi connectivity index (χ2v) is 6.25. The van der Waals surface area contributed by atoms with E-state index >= 15 is 0 Å². The van der Waals surface area contributed by atoms with E-state index in [9.17, 15) is 0 Å². The first-order chi connectivity index (χ1) is 7.28. The second-order valence-electron chi connectivity index (χ2n) is 6.25. The second kappa shape index (κ2) is 7.29. The summed E-state index contributed by atoms with van der Waals surface area (Å²) in [6.07, 6.45) is 1.63. The maximum atomic E-state index is 3.56. The van der Waals surface area contributed by atoms with Crippen LogP contribution < -0.4 is 10.6 Å². The topological polar surface area (TPSA) is 24.1 Å². The van der Waals surface area contributed by atoms with Gasteiger partial charge in [-0.15, -0.1) is 0 Å². The predicted molar refractivity (Wildman–Crippen MR) is 73.5 cm³/mol. The highest BCUT2D eigenvalue weighted by Gasteiger charge is 2.16. The van der Waals surface area contributed by atoms with Crippen molar-refractivity contribution in [3.05, 3.63) is 0 Å². The predicted octanol–water partition coefficient (Wildman–Crippen LogP) is 3.24. The summed E-state index contributed by atoms with van der Waals surface area (Å²) >= 11 is 0. The monoisotopic (exact) mass is 228 g/mol. The van der Waals surface area contributed by atoms with Gasteiger partial charge in [0.25, 0.3) is 0 Å². The van der Waals surface area contributed by atoms with E-state index < -0.39 is 0 Å². The van der Waals surface area contributed by atoms with Crippen LogP contribution in [0.15, 0.2) is 0 Å². The van der Waals surface area contributed by atoms with Gasteiger partial charge < -0.3 is 10.6 Å². The molecule has 2 N–H and O–H groups in total. The number of hydrogen-bond donors (Lipinski definition) is 2. The van der Waals surface area contributed by atoms with Crippen molar-refractivity contribution in [2.24, 2.45) is 17.3 Å². The van der Waals surface area contributed by atoms with Gasteiger partial charge in [0, 0.05) is 6.54 Å². The fourth-order valence-electron chi connectivity index (χ4n) is 1.22. The Morgan fingerprint density at radius 2 is 1.56 bits per heavy atom. The Balaban J connectivity index is 3.71. The Morgan fingerprint density at radius 3 is 2.00 bits per heavy atom. The van der Waals surface area contributed by atoms with Crippen molar-refractivity contribution in [2.75, 3.05) is 13.1 Å². The molecule has 0 aromatic carbocycles. The molecule has 2 atom stereocenters. The molecule has 2 heteroatoms. The number of nitrogens with one attached hydrogen (secondary N) is 2. The van der Waals surface area contributed by atoms with Crippen LogP contribution in [0.5, 0.6) is 0 Å². The van der Waals surface area contributed by atoms with Gasteiger partial charge in [-0.1, -0.05) is 41.5 Å². The first-order valence-corrected chi connectivity index (χ1v) is 6.75. The van der Waals surface area contributed by atoms with Gasteiger partial charge in [0.05, 0.1) is 6.17 Å². The van der Waals surface area contributed by atoms with Crippen LogP contribution in [0.3, 0.4) is 0 Å². The summed E-state index contributed by atoms with van der Waals surface area (Å²) in [5.41, 5.74) is 0.402. The Morgan fingerprint density at radius 1 is 1.00 bits per heavy atom. The zero-order valence-electron chi connectivity index (χ0n) is 12.4. The molecule has 0 heterocycles. The van der Waals surface area contributed by atoms with E-state index in [1.807, 2.05) is 0 Å². The largest absolute Gasteiger partial charge is 0.302 e. The lowest BCUT2D eigenvalue weighted by atomic mass is 9.90. The first kappa shape index (κ1) is 15.9. The molecule has 98 valence electrons. The fraction of sp³-hybridized carbons (Fsp3) is 1.00. The van der Waals surface area contributed by atoms with Crippen LogP contribution >= 0.6 is 0 Å². The van der Waals surface area contributed by atoms with Gasteiger partial charge in [-0.05, 0) is 37.1 Å². The van der Waals surface area contributed by atoms with Crippen LogP contribution in [0.4, 0.5) is 0 Å². The van der Waals surface area contributed by atoms with Crippen molar-refractivity contribution in [2.45, 2.75) is 61.1 Å². The highest BCUT2D eigenvalue weighted by molar-refractivity contribution is 4.72. The quantitative estimate of drug-likeness (QED) is 0.623. The van der Waals surface area contributed by atoms with Gasteiger partial charge in [-0.25, -0.2) is 0 Å². The lowest BCUT2D eigenvalue weighted by molar-refractivity contribution is 0.286. The van der Waals surface area contributed by atoms with Gasteiger partial charge in [0.1, 0.15) is 0 Å². The van der Waals surface area contributed by atoms with Crippen molar-refractivity contribution in [3.63, 3.8) is 0 Å². The van der Waals surface area contributed by atoms with Crippen LogP contribution in [0, 0.1) is 17.3 Å². The minimum Gasteiger partial charge on any atom is -0.302 e. The van der Waals surface area contributed by atoms with Crippen LogP contribution in [-0.2, 0) is 0 Å². The Kier molecular flexibility index (Phi) is 7.25. The third kappa shape index (κ3) is 7.24. The van der Waals surface area contributed by atoms with Gasteiger partial charge in [0.15, 0.2) is 0 Å². The molecule has 0 radical (unpaired) electrons. The van der Waals surface area contributed by atoms with Crippen LogP contribution in [0.2, 0.25) is 0 Å². The normalized spacial score (nSPS) is 16.5. The molecule has 0 bridgehead atoms. The molecule has 0 rings (SSSR count). The Labute approximate surface area is 103 Å². The summed E-state index contributed by atoms with van der Waals surface area (Å²) in [7, 11) is 0. The van der Waals surface area contributed by atoms with Crippen molar-refractivity contribution in [1.29, 1.82) is 0 Å². The molecule has 0 aliphatic rings. The van der Waals surface area contributed by atoms with Gasteiger partial charge in [0.2, 0.25) is 0 Å². The lowest BCUT2D eigenvalue weighted by Gasteiger charge is -2.27. The van der Waals surface area contributed by atoms with Crippen molar-refractivity contribution >= 4 is 0 Å². The molecule has 0 saturated heterocycles. The molecular weight excluding hydrogens is 196 g/mol. The van der Waals surface area contributed by atoms with Crippen molar-refractivity contribution in [1.82, 2.24) is 10.6 Å². The van der Waals surface area contributed by atoms with Gasteiger partial charge in [-0.2, -0.15) is 0 Å². The SMILES string of the molecule is CCC(C)(C)CNC(C)NCC(C)C(C)C. The molecule has 0 amide bonds. The molecule has 0 aliphatic carbocycles. The Hall–Kier alpha value is -0.0800. The first-order valence-electron chi connectivity index (χ1n) is 6.75. The molecule has 0 aliphatic heterocycles. The maximum Gasteiger partial charge on any atom is 0.0542 e. The minimum absolute atomic E-state index is 0.402. The third-order valence-electron chi connectivity index (χ3n) is 3.73. The average molecular weight is 228 g/mol. The zero-order valence-corrected chi connectivity index (χ0v) is 12.4. The van der Waals surface area contributed by atoms with Gasteiger partial charge in [-0.3, -0.25) is 0 Å². The van der Waals surface area contributed by atoms with Crippen LogP contribution in [-0.4, -0.2) is 19.3 Å². The molecule has 0 aromatic rings. The van der Waals surface area contributed by atoms with E-state index in [0.717, 1.165) is 24.9 Å². The molecule has 0 spiro atoms. The summed E-state index contributed by atoms with van der Waals surface area (Å²) in [5.74, 6) is 1.50. The van der Waals surface area contributed by atoms with E-state index in [2.05, 4.69) is 59.1 Å². The van der Waals surface area contributed by atoms with E-state index in [0.29, 0.717) is 11.6 Å². The summed E-state index contributed by atoms with van der Waals surface area (Å²) in [6.45, 7) is 18.1.